The number of hydrogen-bond acceptors (Lipinski definition) is 5. The molecule has 0 unspecified atom stereocenters. The molecule has 0 atom stereocenters. The smallest absolute Gasteiger partial charge is 0.211 e. The van der Waals surface area contributed by atoms with E-state index in [4.69, 9.17) is 9.47 Å². The van der Waals surface area contributed by atoms with Gasteiger partial charge in [0.05, 0.1) is 6.61 Å². The third-order valence-electron chi connectivity index (χ3n) is 4.76. The van der Waals surface area contributed by atoms with Gasteiger partial charge in [0.25, 0.3) is 0 Å². The number of fused-ring (bicyclic) bond motifs is 1. The zero-order valence-corrected chi connectivity index (χ0v) is 17.1. The highest BCUT2D eigenvalue weighted by atomic mass is 19.1. The summed E-state index contributed by atoms with van der Waals surface area (Å²) in [5.74, 6) is 0.633. The summed E-state index contributed by atoms with van der Waals surface area (Å²) in [6.07, 6.45) is 5.14. The number of nitrogens with zero attached hydrogens (tertiary/aromatic N) is 3. The minimum atomic E-state index is -0.367. The van der Waals surface area contributed by atoms with E-state index in [2.05, 4.69) is 10.1 Å². The van der Waals surface area contributed by atoms with Crippen LogP contribution < -0.4 is 9.47 Å². The van der Waals surface area contributed by atoms with Crippen LogP contribution in [0.3, 0.4) is 0 Å². The SMILES string of the molecule is CCOc1cc(C(=O)C(=Cc2ccc(F)cc2)n2cncn2)cc2c1OC(C)(C)C2. The molecular weight excluding hydrogens is 385 g/mol. The maximum Gasteiger partial charge on any atom is 0.211 e. The number of ether oxygens (including phenoxy) is 2. The van der Waals surface area contributed by atoms with Gasteiger partial charge in [-0.3, -0.25) is 4.79 Å². The van der Waals surface area contributed by atoms with Crippen LogP contribution in [0.15, 0.2) is 49.1 Å². The second-order valence-corrected chi connectivity index (χ2v) is 7.68. The lowest BCUT2D eigenvalue weighted by Crippen LogP contribution is -2.24. The maximum atomic E-state index is 13.5. The molecule has 2 aromatic carbocycles. The molecule has 0 bridgehead atoms. The van der Waals surface area contributed by atoms with Crippen LogP contribution in [0.2, 0.25) is 0 Å². The Labute approximate surface area is 174 Å². The van der Waals surface area contributed by atoms with Gasteiger partial charge in [-0.25, -0.2) is 14.1 Å². The Balaban J connectivity index is 1.79. The lowest BCUT2D eigenvalue weighted by molar-refractivity contribution is 0.105. The molecule has 0 fully saturated rings. The van der Waals surface area contributed by atoms with Gasteiger partial charge in [0.1, 0.15) is 29.8 Å². The van der Waals surface area contributed by atoms with Crippen molar-refractivity contribution in [3.05, 3.63) is 71.6 Å². The average molecular weight is 407 g/mol. The van der Waals surface area contributed by atoms with Gasteiger partial charge in [0.15, 0.2) is 11.5 Å². The molecule has 3 aromatic rings. The molecule has 0 saturated heterocycles. The van der Waals surface area contributed by atoms with Crippen molar-refractivity contribution >= 4 is 17.6 Å². The number of hydrogen-bond donors (Lipinski definition) is 0. The van der Waals surface area contributed by atoms with Crippen LogP contribution in [0.4, 0.5) is 4.39 Å². The number of rotatable bonds is 6. The van der Waals surface area contributed by atoms with Gasteiger partial charge >= 0.3 is 0 Å². The normalized spacial score (nSPS) is 14.9. The standard InChI is InChI=1S/C23H22FN3O3/c1-4-29-20-11-16(10-17-12-23(2,3)30-22(17)20)21(28)19(27-14-25-13-26-27)9-15-5-7-18(24)8-6-15/h5-11,13-14H,4,12H2,1-3H3. The molecule has 0 saturated carbocycles. The Morgan fingerprint density at radius 1 is 1.30 bits per heavy atom. The Morgan fingerprint density at radius 3 is 2.73 bits per heavy atom. The van der Waals surface area contributed by atoms with Gasteiger partial charge in [-0.05, 0) is 56.7 Å². The zero-order valence-electron chi connectivity index (χ0n) is 17.1. The summed E-state index contributed by atoms with van der Waals surface area (Å²) in [5, 5.41) is 4.12. The zero-order chi connectivity index (χ0) is 21.3. The molecule has 0 N–H and O–H groups in total. The number of ketones is 1. The van der Waals surface area contributed by atoms with Crippen LogP contribution in [0.1, 0.15) is 42.3 Å². The molecule has 1 aliphatic heterocycles. The first-order valence-corrected chi connectivity index (χ1v) is 9.72. The first-order chi connectivity index (χ1) is 14.4. The molecule has 6 nitrogen and oxygen atoms in total. The van der Waals surface area contributed by atoms with Crippen molar-refractivity contribution in [3.63, 3.8) is 0 Å². The fourth-order valence-electron chi connectivity index (χ4n) is 3.51. The lowest BCUT2D eigenvalue weighted by Gasteiger charge is -2.18. The van der Waals surface area contributed by atoms with Crippen molar-refractivity contribution in [1.29, 1.82) is 0 Å². The molecule has 154 valence electrons. The first-order valence-electron chi connectivity index (χ1n) is 9.72. The van der Waals surface area contributed by atoms with E-state index in [-0.39, 0.29) is 17.2 Å². The van der Waals surface area contributed by atoms with E-state index < -0.39 is 0 Å². The third-order valence-corrected chi connectivity index (χ3v) is 4.76. The van der Waals surface area contributed by atoms with Crippen molar-refractivity contribution in [2.45, 2.75) is 32.8 Å². The van der Waals surface area contributed by atoms with E-state index in [1.54, 1.807) is 24.3 Å². The van der Waals surface area contributed by atoms with Crippen LogP contribution in [-0.4, -0.2) is 32.8 Å². The van der Waals surface area contributed by atoms with Gasteiger partial charge in [-0.1, -0.05) is 12.1 Å². The number of carbonyl (C=O) groups is 1. The quantitative estimate of drug-likeness (QED) is 0.447. The minimum Gasteiger partial charge on any atom is -0.490 e. The lowest BCUT2D eigenvalue weighted by atomic mass is 9.97. The summed E-state index contributed by atoms with van der Waals surface area (Å²) in [4.78, 5) is 17.5. The van der Waals surface area contributed by atoms with Crippen LogP contribution in [0.5, 0.6) is 11.5 Å². The van der Waals surface area contributed by atoms with Crippen molar-refractivity contribution in [2.75, 3.05) is 6.61 Å². The largest absolute Gasteiger partial charge is 0.490 e. The van der Waals surface area contributed by atoms with Gasteiger partial charge < -0.3 is 9.47 Å². The summed E-state index contributed by atoms with van der Waals surface area (Å²) in [5.41, 5.74) is 1.98. The van der Waals surface area contributed by atoms with E-state index in [9.17, 15) is 9.18 Å². The van der Waals surface area contributed by atoms with E-state index in [0.29, 0.717) is 41.4 Å². The second kappa shape index (κ2) is 7.74. The summed E-state index contributed by atoms with van der Waals surface area (Å²) < 4.78 is 26.5. The molecule has 0 radical (unpaired) electrons. The highest BCUT2D eigenvalue weighted by Gasteiger charge is 2.34. The number of allylic oxidation sites excluding steroid dienone is 1. The molecule has 1 aliphatic rings. The Morgan fingerprint density at radius 2 is 2.07 bits per heavy atom. The van der Waals surface area contributed by atoms with E-state index >= 15 is 0 Å². The highest BCUT2D eigenvalue weighted by molar-refractivity contribution is 6.28. The number of aromatic nitrogens is 3. The Kier molecular flexibility index (Phi) is 5.11. The van der Waals surface area contributed by atoms with Crippen LogP contribution in [-0.2, 0) is 6.42 Å². The number of carbonyl (C=O) groups excluding carboxylic acids is 1. The van der Waals surface area contributed by atoms with Crippen molar-refractivity contribution in [2.24, 2.45) is 0 Å². The summed E-state index contributed by atoms with van der Waals surface area (Å²) in [7, 11) is 0. The molecule has 0 aliphatic carbocycles. The third kappa shape index (κ3) is 3.96. The predicted molar refractivity (Wildman–Crippen MR) is 111 cm³/mol. The van der Waals surface area contributed by atoms with Crippen LogP contribution in [0.25, 0.3) is 11.8 Å². The number of halogens is 1. The topological polar surface area (TPSA) is 66.2 Å². The molecule has 30 heavy (non-hydrogen) atoms. The maximum absolute atomic E-state index is 13.5. The molecular formula is C23H22FN3O3. The van der Waals surface area contributed by atoms with Crippen LogP contribution in [0, 0.1) is 5.82 Å². The molecule has 0 amide bonds. The summed E-state index contributed by atoms with van der Waals surface area (Å²) >= 11 is 0. The molecule has 0 spiro atoms. The fourth-order valence-corrected chi connectivity index (χ4v) is 3.51. The highest BCUT2D eigenvalue weighted by Crippen LogP contribution is 2.43. The monoisotopic (exact) mass is 407 g/mol. The molecule has 7 heteroatoms. The predicted octanol–water partition coefficient (Wildman–Crippen LogP) is 4.41. The van der Waals surface area contributed by atoms with E-state index in [0.717, 1.165) is 5.56 Å². The van der Waals surface area contributed by atoms with Crippen molar-refractivity contribution in [3.8, 4) is 11.5 Å². The minimum absolute atomic E-state index is 0.252. The summed E-state index contributed by atoms with van der Waals surface area (Å²) in [6.45, 7) is 6.34. The molecule has 4 rings (SSSR count). The number of benzene rings is 2. The van der Waals surface area contributed by atoms with Crippen molar-refractivity contribution in [1.82, 2.24) is 14.8 Å². The Bertz CT molecular complexity index is 1100. The van der Waals surface area contributed by atoms with E-state index in [1.807, 2.05) is 26.8 Å². The summed E-state index contributed by atoms with van der Waals surface area (Å²) in [6, 6.07) is 9.43. The van der Waals surface area contributed by atoms with Gasteiger partial charge in [-0.15, -0.1) is 0 Å². The van der Waals surface area contributed by atoms with Gasteiger partial charge in [-0.2, -0.15) is 5.10 Å². The average Bonchev–Trinajstić information content (AvgIpc) is 3.34. The van der Waals surface area contributed by atoms with Gasteiger partial charge in [0, 0.05) is 17.5 Å². The Hall–Kier alpha value is -3.48. The number of Topliss-reactive ketones (excluding diaryl/α,β-unsaturated/α-hetero) is 1. The van der Waals surface area contributed by atoms with Crippen LogP contribution >= 0.6 is 0 Å². The molecule has 2 heterocycles. The van der Waals surface area contributed by atoms with E-state index in [1.165, 1.54) is 29.5 Å². The van der Waals surface area contributed by atoms with Crippen molar-refractivity contribution < 1.29 is 18.7 Å². The fraction of sp³-hybridized carbons (Fsp3) is 0.261. The second-order valence-electron chi connectivity index (χ2n) is 7.68. The van der Waals surface area contributed by atoms with Gasteiger partial charge in [0.2, 0.25) is 5.78 Å². The molecule has 1 aromatic heterocycles. The first kappa shape index (κ1) is 19.8.